The van der Waals surface area contributed by atoms with Crippen LogP contribution >= 0.6 is 12.2 Å². The van der Waals surface area contributed by atoms with Gasteiger partial charge in [-0.05, 0) is 62.9 Å². The molecule has 1 aliphatic rings. The Balaban J connectivity index is 1.67. The Morgan fingerprint density at radius 1 is 1.03 bits per heavy atom. The van der Waals surface area contributed by atoms with Crippen molar-refractivity contribution in [2.75, 3.05) is 56.2 Å². The van der Waals surface area contributed by atoms with Crippen LogP contribution in [0.2, 0.25) is 0 Å². The van der Waals surface area contributed by atoms with Crippen LogP contribution in [0.25, 0.3) is 0 Å². The molecule has 0 aliphatic carbocycles. The Morgan fingerprint density at radius 2 is 1.74 bits per heavy atom. The van der Waals surface area contributed by atoms with Crippen molar-refractivity contribution in [2.24, 2.45) is 0 Å². The molecule has 9 heteroatoms. The molecule has 0 atom stereocenters. The monoisotopic (exact) mass is 484 g/mol. The quantitative estimate of drug-likeness (QED) is 0.437. The van der Waals surface area contributed by atoms with E-state index >= 15 is 0 Å². The van der Waals surface area contributed by atoms with Gasteiger partial charge in [0.15, 0.2) is 11.7 Å². The molecule has 0 aromatic heterocycles. The maximum absolute atomic E-state index is 12.3. The molecule has 34 heavy (non-hydrogen) atoms. The van der Waals surface area contributed by atoms with E-state index in [-0.39, 0.29) is 24.2 Å². The molecule has 1 heterocycles. The van der Waals surface area contributed by atoms with E-state index in [1.807, 2.05) is 37.3 Å². The SMILES string of the molecule is CCOC(=O)c1ccc(N2CCN(CC)CC2)c(NC(=S)NC(=O)COc2ccc(C)cc2)c1. The summed E-state index contributed by atoms with van der Waals surface area (Å²) in [6.45, 7) is 10.6. The third kappa shape index (κ3) is 7.16. The molecule has 1 amide bonds. The Bertz CT molecular complexity index is 1000. The molecule has 182 valence electrons. The van der Waals surface area contributed by atoms with Crippen LogP contribution in [0, 0.1) is 6.92 Å². The number of rotatable bonds is 8. The second-order valence-electron chi connectivity index (χ2n) is 7.98. The molecule has 1 saturated heterocycles. The second kappa shape index (κ2) is 12.3. The van der Waals surface area contributed by atoms with Crippen molar-refractivity contribution in [3.05, 3.63) is 53.6 Å². The van der Waals surface area contributed by atoms with Gasteiger partial charge >= 0.3 is 5.97 Å². The molecular formula is C25H32N4O4S. The molecule has 2 N–H and O–H groups in total. The van der Waals surface area contributed by atoms with Gasteiger partial charge in [0.2, 0.25) is 0 Å². The predicted octanol–water partition coefficient (Wildman–Crippen LogP) is 3.21. The lowest BCUT2D eigenvalue weighted by atomic mass is 10.1. The lowest BCUT2D eigenvalue weighted by molar-refractivity contribution is -0.121. The third-order valence-electron chi connectivity index (χ3n) is 5.56. The molecule has 0 radical (unpaired) electrons. The molecule has 1 aliphatic heterocycles. The number of aryl methyl sites for hydroxylation is 1. The number of amides is 1. The van der Waals surface area contributed by atoms with Crippen molar-refractivity contribution in [3.8, 4) is 5.75 Å². The van der Waals surface area contributed by atoms with Crippen LogP contribution in [0.3, 0.4) is 0 Å². The van der Waals surface area contributed by atoms with Crippen molar-refractivity contribution >= 4 is 40.6 Å². The number of nitrogens with one attached hydrogen (secondary N) is 2. The second-order valence-corrected chi connectivity index (χ2v) is 8.39. The van der Waals surface area contributed by atoms with E-state index in [1.54, 1.807) is 19.1 Å². The molecule has 0 unspecified atom stereocenters. The van der Waals surface area contributed by atoms with Crippen LogP contribution in [0.1, 0.15) is 29.8 Å². The smallest absolute Gasteiger partial charge is 0.338 e. The number of hydrogen-bond acceptors (Lipinski definition) is 7. The summed E-state index contributed by atoms with van der Waals surface area (Å²) in [5.74, 6) is -0.178. The summed E-state index contributed by atoms with van der Waals surface area (Å²) < 4.78 is 10.7. The molecule has 0 saturated carbocycles. The predicted molar refractivity (Wildman–Crippen MR) is 138 cm³/mol. The van der Waals surface area contributed by atoms with Gasteiger partial charge in [-0.25, -0.2) is 4.79 Å². The van der Waals surface area contributed by atoms with E-state index in [0.29, 0.717) is 17.0 Å². The summed E-state index contributed by atoms with van der Waals surface area (Å²) in [6, 6.07) is 12.8. The minimum Gasteiger partial charge on any atom is -0.484 e. The topological polar surface area (TPSA) is 83.1 Å². The minimum absolute atomic E-state index is 0.131. The van der Waals surface area contributed by atoms with Gasteiger partial charge in [0.1, 0.15) is 5.75 Å². The van der Waals surface area contributed by atoms with Gasteiger partial charge in [0.25, 0.3) is 5.91 Å². The van der Waals surface area contributed by atoms with E-state index in [1.165, 1.54) is 0 Å². The van der Waals surface area contributed by atoms with Crippen LogP contribution in [-0.2, 0) is 9.53 Å². The van der Waals surface area contributed by atoms with Gasteiger partial charge in [0.05, 0.1) is 23.5 Å². The average Bonchev–Trinajstić information content (AvgIpc) is 2.84. The Hall–Kier alpha value is -3.17. The first kappa shape index (κ1) is 25.5. The van der Waals surface area contributed by atoms with Gasteiger partial charge in [-0.15, -0.1) is 0 Å². The third-order valence-corrected chi connectivity index (χ3v) is 5.76. The average molecular weight is 485 g/mol. The number of nitrogens with zero attached hydrogens (tertiary/aromatic N) is 2. The number of piperazine rings is 1. The van der Waals surface area contributed by atoms with Gasteiger partial charge in [0, 0.05) is 26.2 Å². The van der Waals surface area contributed by atoms with E-state index in [2.05, 4.69) is 27.4 Å². The zero-order chi connectivity index (χ0) is 24.5. The van der Waals surface area contributed by atoms with Crippen molar-refractivity contribution in [2.45, 2.75) is 20.8 Å². The fraction of sp³-hybridized carbons (Fsp3) is 0.400. The minimum atomic E-state index is -0.408. The molecule has 2 aromatic rings. The summed E-state index contributed by atoms with van der Waals surface area (Å²) in [4.78, 5) is 29.3. The van der Waals surface area contributed by atoms with Crippen LogP contribution in [0.4, 0.5) is 11.4 Å². The van der Waals surface area contributed by atoms with Crippen LogP contribution in [-0.4, -0.2) is 67.8 Å². The molecule has 1 fully saturated rings. The molecule has 8 nitrogen and oxygen atoms in total. The highest BCUT2D eigenvalue weighted by Gasteiger charge is 2.20. The largest absolute Gasteiger partial charge is 0.484 e. The molecule has 3 rings (SSSR count). The lowest BCUT2D eigenvalue weighted by Gasteiger charge is -2.36. The first-order valence-corrected chi connectivity index (χ1v) is 11.9. The Labute approximate surface area is 206 Å². The number of anilines is 2. The molecular weight excluding hydrogens is 452 g/mol. The Morgan fingerprint density at radius 3 is 2.38 bits per heavy atom. The van der Waals surface area contributed by atoms with E-state index in [9.17, 15) is 9.59 Å². The summed E-state index contributed by atoms with van der Waals surface area (Å²) in [5.41, 5.74) is 3.08. The number of thiocarbonyl (C=S) groups is 1. The first-order valence-electron chi connectivity index (χ1n) is 11.5. The summed E-state index contributed by atoms with van der Waals surface area (Å²) >= 11 is 5.38. The zero-order valence-electron chi connectivity index (χ0n) is 19.9. The highest BCUT2D eigenvalue weighted by molar-refractivity contribution is 7.80. The van der Waals surface area contributed by atoms with Gasteiger partial charge < -0.3 is 24.6 Å². The fourth-order valence-electron chi connectivity index (χ4n) is 3.66. The standard InChI is InChI=1S/C25H32N4O4S/c1-4-28-12-14-29(15-13-28)22-11-8-19(24(31)32-5-2)16-21(22)26-25(34)27-23(30)17-33-20-9-6-18(3)7-10-20/h6-11,16H,4-5,12-15,17H2,1-3H3,(H2,26,27,30,34). The van der Waals surface area contributed by atoms with Crippen molar-refractivity contribution in [1.29, 1.82) is 0 Å². The van der Waals surface area contributed by atoms with Crippen molar-refractivity contribution in [3.63, 3.8) is 0 Å². The molecule has 2 aromatic carbocycles. The number of hydrogen-bond donors (Lipinski definition) is 2. The van der Waals surface area contributed by atoms with E-state index < -0.39 is 5.97 Å². The van der Waals surface area contributed by atoms with E-state index in [4.69, 9.17) is 21.7 Å². The molecule has 0 bridgehead atoms. The van der Waals surface area contributed by atoms with E-state index in [0.717, 1.165) is 44.0 Å². The summed E-state index contributed by atoms with van der Waals surface area (Å²) in [6.07, 6.45) is 0. The van der Waals surface area contributed by atoms with Crippen LogP contribution < -0.4 is 20.3 Å². The lowest BCUT2D eigenvalue weighted by Crippen LogP contribution is -2.46. The number of carbonyl (C=O) groups is 2. The van der Waals surface area contributed by atoms with Crippen LogP contribution in [0.15, 0.2) is 42.5 Å². The normalized spacial score (nSPS) is 13.8. The zero-order valence-corrected chi connectivity index (χ0v) is 20.7. The van der Waals surface area contributed by atoms with Gasteiger partial charge in [-0.2, -0.15) is 0 Å². The summed E-state index contributed by atoms with van der Waals surface area (Å²) in [7, 11) is 0. The van der Waals surface area contributed by atoms with Crippen LogP contribution in [0.5, 0.6) is 5.75 Å². The number of ether oxygens (including phenoxy) is 2. The number of esters is 1. The van der Waals surface area contributed by atoms with Crippen molar-refractivity contribution in [1.82, 2.24) is 10.2 Å². The Kier molecular flexibility index (Phi) is 9.24. The molecule has 0 spiro atoms. The highest BCUT2D eigenvalue weighted by Crippen LogP contribution is 2.29. The summed E-state index contributed by atoms with van der Waals surface area (Å²) in [5, 5.41) is 5.86. The van der Waals surface area contributed by atoms with Crippen molar-refractivity contribution < 1.29 is 19.1 Å². The van der Waals surface area contributed by atoms with Gasteiger partial charge in [-0.3, -0.25) is 10.1 Å². The van der Waals surface area contributed by atoms with Gasteiger partial charge in [-0.1, -0.05) is 24.6 Å². The number of carbonyl (C=O) groups excluding carboxylic acids is 2. The number of likely N-dealkylation sites (N-methyl/N-ethyl adjacent to an activating group) is 1. The highest BCUT2D eigenvalue weighted by atomic mass is 32.1. The first-order chi connectivity index (χ1) is 16.4. The maximum Gasteiger partial charge on any atom is 0.338 e. The maximum atomic E-state index is 12.3. The number of benzene rings is 2. The fourth-order valence-corrected chi connectivity index (χ4v) is 3.88.